The molecule has 0 aliphatic carbocycles. The Kier molecular flexibility index (Phi) is 5.18. The molecule has 0 fully saturated rings. The first kappa shape index (κ1) is 16.1. The zero-order valence-electron chi connectivity index (χ0n) is 13.3. The first-order valence-corrected chi connectivity index (χ1v) is 7.32. The molecule has 2 aromatic rings. The van der Waals surface area contributed by atoms with Crippen molar-refractivity contribution in [1.29, 1.82) is 0 Å². The molecule has 22 heavy (non-hydrogen) atoms. The predicted molar refractivity (Wildman–Crippen MR) is 90.4 cm³/mol. The van der Waals surface area contributed by atoms with Gasteiger partial charge in [0.15, 0.2) is 0 Å². The normalized spacial score (nSPS) is 13.1. The quantitative estimate of drug-likeness (QED) is 0.653. The van der Waals surface area contributed by atoms with Crippen molar-refractivity contribution in [2.75, 3.05) is 7.11 Å². The van der Waals surface area contributed by atoms with Crippen molar-refractivity contribution in [2.24, 2.45) is 0 Å². The molecule has 0 heterocycles. The van der Waals surface area contributed by atoms with E-state index in [2.05, 4.69) is 0 Å². The van der Waals surface area contributed by atoms with E-state index >= 15 is 0 Å². The standard InChI is InChI=1S/C20H22O2/c1-16(14-15-17(2)22-3)20(21,18-10-6-4-7-11-18)19-12-8-5-9-13-19/h4-15,21H,1-3H3/b16-14+,17-15+. The number of hydrogen-bond acceptors (Lipinski definition) is 2. The maximum atomic E-state index is 11.5. The van der Waals surface area contributed by atoms with Crippen LogP contribution >= 0.6 is 0 Å². The summed E-state index contributed by atoms with van der Waals surface area (Å²) in [5.74, 6) is 0.794. The largest absolute Gasteiger partial charge is 0.501 e. The molecule has 2 heteroatoms. The van der Waals surface area contributed by atoms with Gasteiger partial charge in [-0.2, -0.15) is 0 Å². The zero-order valence-corrected chi connectivity index (χ0v) is 13.3. The van der Waals surface area contributed by atoms with Crippen LogP contribution in [0.4, 0.5) is 0 Å². The lowest BCUT2D eigenvalue weighted by Crippen LogP contribution is -2.28. The molecule has 2 rings (SSSR count). The van der Waals surface area contributed by atoms with Crippen molar-refractivity contribution >= 4 is 0 Å². The summed E-state index contributed by atoms with van der Waals surface area (Å²) < 4.78 is 5.16. The van der Waals surface area contributed by atoms with Crippen LogP contribution in [0.1, 0.15) is 25.0 Å². The fourth-order valence-electron chi connectivity index (χ4n) is 2.41. The third kappa shape index (κ3) is 3.29. The van der Waals surface area contributed by atoms with Crippen LogP contribution in [-0.4, -0.2) is 12.2 Å². The Morgan fingerprint density at radius 1 is 0.864 bits per heavy atom. The van der Waals surface area contributed by atoms with Crippen LogP contribution in [0.15, 0.2) is 84.1 Å². The molecule has 2 aromatic carbocycles. The molecule has 0 aliphatic heterocycles. The van der Waals surface area contributed by atoms with E-state index < -0.39 is 5.60 Å². The monoisotopic (exact) mass is 294 g/mol. The van der Waals surface area contributed by atoms with Crippen LogP contribution in [0.5, 0.6) is 0 Å². The number of allylic oxidation sites excluding steroid dienone is 3. The molecule has 114 valence electrons. The first-order valence-electron chi connectivity index (χ1n) is 7.32. The van der Waals surface area contributed by atoms with E-state index in [-0.39, 0.29) is 0 Å². The van der Waals surface area contributed by atoms with E-state index in [0.717, 1.165) is 22.5 Å². The molecule has 0 bridgehead atoms. The Balaban J connectivity index is 2.57. The van der Waals surface area contributed by atoms with E-state index in [1.165, 1.54) is 0 Å². The van der Waals surface area contributed by atoms with E-state index in [4.69, 9.17) is 4.74 Å². The summed E-state index contributed by atoms with van der Waals surface area (Å²) in [6, 6.07) is 19.4. The van der Waals surface area contributed by atoms with Gasteiger partial charge >= 0.3 is 0 Å². The van der Waals surface area contributed by atoms with Crippen LogP contribution in [0.2, 0.25) is 0 Å². The molecule has 0 radical (unpaired) electrons. The Morgan fingerprint density at radius 3 is 1.73 bits per heavy atom. The lowest BCUT2D eigenvalue weighted by atomic mass is 9.80. The highest BCUT2D eigenvalue weighted by Crippen LogP contribution is 2.36. The van der Waals surface area contributed by atoms with E-state index in [1.807, 2.05) is 86.7 Å². The number of rotatable bonds is 5. The number of methoxy groups -OCH3 is 1. The summed E-state index contributed by atoms with van der Waals surface area (Å²) in [6.07, 6.45) is 3.77. The number of aliphatic hydroxyl groups is 1. The van der Waals surface area contributed by atoms with Crippen molar-refractivity contribution in [2.45, 2.75) is 19.4 Å². The molecule has 0 amide bonds. The molecule has 2 nitrogen and oxygen atoms in total. The lowest BCUT2D eigenvalue weighted by molar-refractivity contribution is 0.121. The van der Waals surface area contributed by atoms with Crippen molar-refractivity contribution in [3.63, 3.8) is 0 Å². The summed E-state index contributed by atoms with van der Waals surface area (Å²) in [4.78, 5) is 0. The van der Waals surface area contributed by atoms with Crippen LogP contribution < -0.4 is 0 Å². The van der Waals surface area contributed by atoms with Gasteiger partial charge in [0, 0.05) is 0 Å². The zero-order chi connectivity index (χ0) is 16.0. The number of benzene rings is 2. The first-order chi connectivity index (χ1) is 10.6. The summed E-state index contributed by atoms with van der Waals surface area (Å²) >= 11 is 0. The summed E-state index contributed by atoms with van der Waals surface area (Å²) in [6.45, 7) is 3.81. The molecule has 0 unspecified atom stereocenters. The van der Waals surface area contributed by atoms with Gasteiger partial charge in [-0.15, -0.1) is 0 Å². The Labute approximate surface area is 132 Å². The lowest BCUT2D eigenvalue weighted by Gasteiger charge is -2.30. The highest BCUT2D eigenvalue weighted by atomic mass is 16.5. The van der Waals surface area contributed by atoms with E-state index in [9.17, 15) is 5.11 Å². The second kappa shape index (κ2) is 7.10. The van der Waals surface area contributed by atoms with Gasteiger partial charge in [0.05, 0.1) is 12.9 Å². The van der Waals surface area contributed by atoms with Gasteiger partial charge < -0.3 is 9.84 Å². The third-order valence-corrected chi connectivity index (χ3v) is 3.84. The topological polar surface area (TPSA) is 29.5 Å². The molecule has 0 aromatic heterocycles. The average molecular weight is 294 g/mol. The van der Waals surface area contributed by atoms with Gasteiger partial charge in [0.25, 0.3) is 0 Å². The molecule has 0 spiro atoms. The molecular formula is C20H22O2. The minimum Gasteiger partial charge on any atom is -0.501 e. The fourth-order valence-corrected chi connectivity index (χ4v) is 2.41. The number of hydrogen-bond donors (Lipinski definition) is 1. The minimum atomic E-state index is -1.16. The number of ether oxygens (including phenoxy) is 1. The van der Waals surface area contributed by atoms with Gasteiger partial charge in [-0.25, -0.2) is 0 Å². The molecular weight excluding hydrogens is 272 g/mol. The van der Waals surface area contributed by atoms with Gasteiger partial charge in [-0.3, -0.25) is 0 Å². The summed E-state index contributed by atoms with van der Waals surface area (Å²) in [5.41, 5.74) is 1.37. The Bertz CT molecular complexity index is 615. The SMILES string of the molecule is CO/C(C)=C/C=C(\C)C(O)(c1ccccc1)c1ccccc1. The van der Waals surface area contributed by atoms with E-state index in [1.54, 1.807) is 7.11 Å². The average Bonchev–Trinajstić information content (AvgIpc) is 2.60. The maximum absolute atomic E-state index is 11.5. The van der Waals surface area contributed by atoms with Gasteiger partial charge in [0.1, 0.15) is 5.60 Å². The molecule has 0 atom stereocenters. The van der Waals surface area contributed by atoms with Crippen molar-refractivity contribution in [3.8, 4) is 0 Å². The smallest absolute Gasteiger partial charge is 0.136 e. The Hall–Kier alpha value is -2.32. The minimum absolute atomic E-state index is 0.794. The van der Waals surface area contributed by atoms with Gasteiger partial charge in [-0.05, 0) is 36.6 Å². The van der Waals surface area contributed by atoms with Crippen LogP contribution in [0.3, 0.4) is 0 Å². The summed E-state index contributed by atoms with van der Waals surface area (Å²) in [7, 11) is 1.63. The van der Waals surface area contributed by atoms with Crippen LogP contribution in [0.25, 0.3) is 0 Å². The van der Waals surface area contributed by atoms with Gasteiger partial charge in [-0.1, -0.05) is 66.7 Å². The molecule has 0 saturated heterocycles. The second-order valence-corrected chi connectivity index (χ2v) is 5.27. The van der Waals surface area contributed by atoms with Crippen LogP contribution in [0, 0.1) is 0 Å². The summed E-state index contributed by atoms with van der Waals surface area (Å²) in [5, 5.41) is 11.5. The fraction of sp³-hybridized carbons (Fsp3) is 0.200. The van der Waals surface area contributed by atoms with Crippen molar-refractivity contribution in [1.82, 2.24) is 0 Å². The second-order valence-electron chi connectivity index (χ2n) is 5.27. The van der Waals surface area contributed by atoms with Crippen LogP contribution in [-0.2, 0) is 10.3 Å². The predicted octanol–water partition coefficient (Wildman–Crippen LogP) is 4.42. The van der Waals surface area contributed by atoms with Crippen molar-refractivity contribution < 1.29 is 9.84 Å². The van der Waals surface area contributed by atoms with E-state index in [0.29, 0.717) is 0 Å². The Morgan fingerprint density at radius 2 is 1.32 bits per heavy atom. The van der Waals surface area contributed by atoms with Crippen molar-refractivity contribution in [3.05, 3.63) is 95.3 Å². The highest BCUT2D eigenvalue weighted by molar-refractivity contribution is 5.45. The third-order valence-electron chi connectivity index (χ3n) is 3.84. The van der Waals surface area contributed by atoms with Gasteiger partial charge in [0.2, 0.25) is 0 Å². The maximum Gasteiger partial charge on any atom is 0.136 e. The highest BCUT2D eigenvalue weighted by Gasteiger charge is 2.32. The molecule has 1 N–H and O–H groups in total. The molecule has 0 saturated carbocycles. The molecule has 0 aliphatic rings.